The fourth-order valence-electron chi connectivity index (χ4n) is 3.32. The van der Waals surface area contributed by atoms with Crippen LogP contribution in [0.4, 0.5) is 0 Å². The number of pyridine rings is 1. The number of nitrogens with one attached hydrogen (secondary N) is 1. The van der Waals surface area contributed by atoms with E-state index in [0.717, 1.165) is 22.4 Å². The monoisotopic (exact) mass is 423 g/mol. The highest BCUT2D eigenvalue weighted by Crippen LogP contribution is 2.27. The van der Waals surface area contributed by atoms with Crippen LogP contribution in [0.25, 0.3) is 16.8 Å². The lowest BCUT2D eigenvalue weighted by Crippen LogP contribution is -2.25. The summed E-state index contributed by atoms with van der Waals surface area (Å²) in [6.45, 7) is 2.40. The number of rotatable bonds is 5. The van der Waals surface area contributed by atoms with E-state index in [-0.39, 0.29) is 5.91 Å². The van der Waals surface area contributed by atoms with Gasteiger partial charge in [0, 0.05) is 34.4 Å². The summed E-state index contributed by atoms with van der Waals surface area (Å²) in [6, 6.07) is 19.2. The number of hydrogen-bond donors (Lipinski definition) is 1. The normalized spacial score (nSPS) is 11.0. The molecule has 0 radical (unpaired) electrons. The maximum Gasteiger partial charge on any atom is 0.270 e. The zero-order chi connectivity index (χ0) is 20.4. The fourth-order valence-corrected chi connectivity index (χ4v) is 3.72. The van der Waals surface area contributed by atoms with Gasteiger partial charge in [0.25, 0.3) is 5.91 Å². The predicted octanol–water partition coefficient (Wildman–Crippen LogP) is 5.80. The Morgan fingerprint density at radius 1 is 1.07 bits per heavy atom. The summed E-state index contributed by atoms with van der Waals surface area (Å²) in [6.07, 6.45) is 2.44. The molecule has 146 valence electrons. The molecule has 4 nitrogen and oxygen atoms in total. The summed E-state index contributed by atoms with van der Waals surface area (Å²) in [7, 11) is 0. The first-order chi connectivity index (χ1) is 14.1. The largest absolute Gasteiger partial charge is 0.347 e. The molecule has 0 aliphatic heterocycles. The Labute approximate surface area is 179 Å². The Bertz CT molecular complexity index is 1180. The smallest absolute Gasteiger partial charge is 0.270 e. The first kappa shape index (κ1) is 19.5. The van der Waals surface area contributed by atoms with Gasteiger partial charge in [-0.05, 0) is 29.7 Å². The van der Waals surface area contributed by atoms with Crippen molar-refractivity contribution in [3.05, 3.63) is 93.9 Å². The molecule has 1 amide bonds. The molecule has 0 aliphatic carbocycles. The number of nitrogens with zero attached hydrogens (tertiary/aromatic N) is 2. The lowest BCUT2D eigenvalue weighted by molar-refractivity contribution is 0.0944. The van der Waals surface area contributed by atoms with Crippen LogP contribution in [0, 0.1) is 0 Å². The number of benzene rings is 2. The SMILES string of the molecule is CCc1nc2cc(Cl)ccn2c1C(=O)NCc1ccc(-c2ccccc2Cl)cc1. The van der Waals surface area contributed by atoms with Crippen LogP contribution >= 0.6 is 23.2 Å². The lowest BCUT2D eigenvalue weighted by Gasteiger charge is -2.09. The molecule has 1 N–H and O–H groups in total. The van der Waals surface area contributed by atoms with Crippen LogP contribution in [0.1, 0.15) is 28.7 Å². The topological polar surface area (TPSA) is 46.4 Å². The van der Waals surface area contributed by atoms with E-state index >= 15 is 0 Å². The van der Waals surface area contributed by atoms with E-state index in [1.165, 1.54) is 0 Å². The van der Waals surface area contributed by atoms with Crippen molar-refractivity contribution in [1.29, 1.82) is 0 Å². The van der Waals surface area contributed by atoms with Gasteiger partial charge < -0.3 is 5.32 Å². The van der Waals surface area contributed by atoms with Crippen LogP contribution in [0.3, 0.4) is 0 Å². The number of imidazole rings is 1. The van der Waals surface area contributed by atoms with Crippen molar-refractivity contribution in [2.75, 3.05) is 0 Å². The van der Waals surface area contributed by atoms with E-state index in [9.17, 15) is 4.79 Å². The van der Waals surface area contributed by atoms with Crippen molar-refractivity contribution in [3.63, 3.8) is 0 Å². The summed E-state index contributed by atoms with van der Waals surface area (Å²) in [5.74, 6) is -0.160. The molecule has 0 spiro atoms. The Balaban J connectivity index is 1.52. The number of fused-ring (bicyclic) bond motifs is 1. The second kappa shape index (κ2) is 8.27. The Kier molecular flexibility index (Phi) is 5.56. The Hall–Kier alpha value is -2.82. The van der Waals surface area contributed by atoms with Gasteiger partial charge in [-0.2, -0.15) is 0 Å². The zero-order valence-corrected chi connectivity index (χ0v) is 17.3. The minimum Gasteiger partial charge on any atom is -0.347 e. The first-order valence-corrected chi connectivity index (χ1v) is 10.1. The molecule has 4 rings (SSSR count). The molecule has 0 saturated heterocycles. The van der Waals surface area contributed by atoms with Crippen molar-refractivity contribution >= 4 is 34.8 Å². The third-order valence-electron chi connectivity index (χ3n) is 4.80. The number of aromatic nitrogens is 2. The van der Waals surface area contributed by atoms with Gasteiger partial charge in [-0.25, -0.2) is 4.98 Å². The highest BCUT2D eigenvalue weighted by atomic mass is 35.5. The third-order valence-corrected chi connectivity index (χ3v) is 5.37. The van der Waals surface area contributed by atoms with Crippen molar-refractivity contribution in [1.82, 2.24) is 14.7 Å². The molecule has 2 aromatic carbocycles. The van der Waals surface area contributed by atoms with E-state index in [2.05, 4.69) is 10.3 Å². The number of carbonyl (C=O) groups is 1. The Morgan fingerprint density at radius 2 is 1.83 bits per heavy atom. The highest BCUT2D eigenvalue weighted by Gasteiger charge is 2.18. The molecule has 2 heterocycles. The van der Waals surface area contributed by atoms with Crippen LogP contribution in [0.2, 0.25) is 10.0 Å². The van der Waals surface area contributed by atoms with Crippen LogP contribution in [0.15, 0.2) is 66.9 Å². The fraction of sp³-hybridized carbons (Fsp3) is 0.130. The van der Waals surface area contributed by atoms with Gasteiger partial charge in [-0.15, -0.1) is 0 Å². The summed E-state index contributed by atoms with van der Waals surface area (Å²) in [4.78, 5) is 17.4. The molecule has 4 aromatic rings. The summed E-state index contributed by atoms with van der Waals surface area (Å²) < 4.78 is 1.78. The van der Waals surface area contributed by atoms with E-state index in [1.54, 1.807) is 22.7 Å². The number of amides is 1. The predicted molar refractivity (Wildman–Crippen MR) is 118 cm³/mol. The van der Waals surface area contributed by atoms with Crippen molar-refractivity contribution in [2.24, 2.45) is 0 Å². The number of carbonyl (C=O) groups excluding carboxylic acids is 1. The van der Waals surface area contributed by atoms with E-state index in [1.807, 2.05) is 55.5 Å². The molecule has 6 heteroatoms. The molecule has 0 atom stereocenters. The van der Waals surface area contributed by atoms with Crippen molar-refractivity contribution < 1.29 is 4.79 Å². The van der Waals surface area contributed by atoms with E-state index in [0.29, 0.717) is 34.4 Å². The van der Waals surface area contributed by atoms with E-state index in [4.69, 9.17) is 23.2 Å². The van der Waals surface area contributed by atoms with Crippen LogP contribution in [-0.4, -0.2) is 15.3 Å². The van der Waals surface area contributed by atoms with Crippen LogP contribution in [-0.2, 0) is 13.0 Å². The van der Waals surface area contributed by atoms with Gasteiger partial charge in [-0.3, -0.25) is 9.20 Å². The van der Waals surface area contributed by atoms with Crippen LogP contribution < -0.4 is 5.32 Å². The minimum atomic E-state index is -0.160. The average molecular weight is 424 g/mol. The van der Waals surface area contributed by atoms with Crippen molar-refractivity contribution in [3.8, 4) is 11.1 Å². The quantitative estimate of drug-likeness (QED) is 0.440. The van der Waals surface area contributed by atoms with Gasteiger partial charge >= 0.3 is 0 Å². The van der Waals surface area contributed by atoms with Gasteiger partial charge in [0.2, 0.25) is 0 Å². The maximum absolute atomic E-state index is 12.9. The van der Waals surface area contributed by atoms with Crippen molar-refractivity contribution in [2.45, 2.75) is 19.9 Å². The standard InChI is InChI=1S/C23H19Cl2N3O/c1-2-20-22(28-12-11-17(24)13-21(28)27-20)23(29)26-14-15-7-9-16(10-8-15)18-5-3-4-6-19(18)25/h3-13H,2,14H2,1H3,(H,26,29). The first-order valence-electron chi connectivity index (χ1n) is 9.35. The van der Waals surface area contributed by atoms with Gasteiger partial charge in [0.15, 0.2) is 0 Å². The molecule has 29 heavy (non-hydrogen) atoms. The molecular formula is C23H19Cl2N3O. The summed E-state index contributed by atoms with van der Waals surface area (Å²) >= 11 is 12.3. The van der Waals surface area contributed by atoms with Crippen LogP contribution in [0.5, 0.6) is 0 Å². The zero-order valence-electron chi connectivity index (χ0n) is 15.8. The molecule has 0 unspecified atom stereocenters. The van der Waals surface area contributed by atoms with E-state index < -0.39 is 0 Å². The molecule has 0 aliphatic rings. The molecule has 0 fully saturated rings. The average Bonchev–Trinajstić information content (AvgIpc) is 3.10. The maximum atomic E-state index is 12.9. The number of aryl methyl sites for hydroxylation is 1. The second-order valence-electron chi connectivity index (χ2n) is 6.69. The number of hydrogen-bond acceptors (Lipinski definition) is 2. The summed E-state index contributed by atoms with van der Waals surface area (Å²) in [5, 5.41) is 4.30. The molecule has 0 saturated carbocycles. The second-order valence-corrected chi connectivity index (χ2v) is 7.54. The molecule has 2 aromatic heterocycles. The summed E-state index contributed by atoms with van der Waals surface area (Å²) in [5.41, 5.74) is 5.00. The Morgan fingerprint density at radius 3 is 2.55 bits per heavy atom. The highest BCUT2D eigenvalue weighted by molar-refractivity contribution is 6.33. The third kappa shape index (κ3) is 4.00. The van der Waals surface area contributed by atoms with Gasteiger partial charge in [0.05, 0.1) is 5.69 Å². The molecule has 0 bridgehead atoms. The lowest BCUT2D eigenvalue weighted by atomic mass is 10.0. The number of halogens is 2. The minimum absolute atomic E-state index is 0.160. The van der Waals surface area contributed by atoms with Gasteiger partial charge in [-0.1, -0.05) is 72.6 Å². The van der Waals surface area contributed by atoms with Gasteiger partial charge in [0.1, 0.15) is 11.3 Å². The molecular weight excluding hydrogens is 405 g/mol.